The van der Waals surface area contributed by atoms with Crippen LogP contribution in [0.3, 0.4) is 0 Å². The van der Waals surface area contributed by atoms with E-state index in [1.165, 1.54) is 25.3 Å². The molecule has 0 radical (unpaired) electrons. The molecule has 0 heterocycles. The van der Waals surface area contributed by atoms with Crippen molar-refractivity contribution in [3.05, 3.63) is 30.1 Å². The van der Waals surface area contributed by atoms with E-state index in [0.717, 1.165) is 10.4 Å². The van der Waals surface area contributed by atoms with Crippen LogP contribution in [0.4, 0.5) is 10.1 Å². The molecule has 7 heteroatoms. The molecule has 0 amide bonds. The largest absolute Gasteiger partial charge is 0.394 e. The Bertz CT molecular complexity index is 506. The van der Waals surface area contributed by atoms with Crippen molar-refractivity contribution < 1.29 is 22.7 Å². The summed E-state index contributed by atoms with van der Waals surface area (Å²) in [6.07, 6.45) is -0.486. The summed E-state index contributed by atoms with van der Waals surface area (Å²) in [5, 5.41) is 8.99. The van der Waals surface area contributed by atoms with Crippen LogP contribution in [0.2, 0.25) is 0 Å². The molecule has 0 aliphatic rings. The Balaban J connectivity index is 3.06. The number of ether oxygens (including phenoxy) is 1. The van der Waals surface area contributed by atoms with Gasteiger partial charge in [0.2, 0.25) is 10.0 Å². The van der Waals surface area contributed by atoms with Crippen LogP contribution in [0.5, 0.6) is 0 Å². The van der Waals surface area contributed by atoms with Gasteiger partial charge in [0.1, 0.15) is 5.82 Å². The third kappa shape index (κ3) is 4.45. The summed E-state index contributed by atoms with van der Waals surface area (Å²) in [6, 6.07) is 5.24. The minimum absolute atomic E-state index is 0.123. The molecule has 0 spiro atoms. The molecule has 108 valence electrons. The Morgan fingerprint density at radius 1 is 1.47 bits per heavy atom. The van der Waals surface area contributed by atoms with Gasteiger partial charge in [-0.2, -0.15) is 0 Å². The Labute approximate surface area is 112 Å². The van der Waals surface area contributed by atoms with Crippen LogP contribution >= 0.6 is 0 Å². The molecule has 0 unspecified atom stereocenters. The Morgan fingerprint density at radius 2 is 2.16 bits per heavy atom. The molecule has 1 atom stereocenters. The second-order valence-corrected chi connectivity index (χ2v) is 6.04. The van der Waals surface area contributed by atoms with Crippen LogP contribution in [0.1, 0.15) is 6.92 Å². The number of methoxy groups -OCH3 is 1. The highest BCUT2D eigenvalue weighted by Gasteiger charge is 2.24. The number of rotatable bonds is 7. The number of sulfonamides is 1. The summed E-state index contributed by atoms with van der Waals surface area (Å²) in [5.41, 5.74) is 0.192. The summed E-state index contributed by atoms with van der Waals surface area (Å²) in [7, 11) is -2.27. The van der Waals surface area contributed by atoms with Gasteiger partial charge >= 0.3 is 0 Å². The minimum atomic E-state index is -3.68. The van der Waals surface area contributed by atoms with Gasteiger partial charge in [-0.05, 0) is 25.1 Å². The van der Waals surface area contributed by atoms with E-state index in [2.05, 4.69) is 0 Å². The van der Waals surface area contributed by atoms with E-state index in [0.29, 0.717) is 0 Å². The summed E-state index contributed by atoms with van der Waals surface area (Å²) in [4.78, 5) is 0. The molecule has 1 rings (SSSR count). The van der Waals surface area contributed by atoms with E-state index >= 15 is 0 Å². The second kappa shape index (κ2) is 6.83. The lowest BCUT2D eigenvalue weighted by Gasteiger charge is -2.25. The van der Waals surface area contributed by atoms with Crippen molar-refractivity contribution in [1.82, 2.24) is 0 Å². The van der Waals surface area contributed by atoms with Gasteiger partial charge in [0.15, 0.2) is 0 Å². The summed E-state index contributed by atoms with van der Waals surface area (Å²) in [6.45, 7) is 1.15. The zero-order valence-corrected chi connectivity index (χ0v) is 11.7. The number of nitrogens with zero attached hydrogens (tertiary/aromatic N) is 1. The molecule has 1 aromatic carbocycles. The SMILES string of the molecule is CO[C@H](C)CS(=O)(=O)N(CCO)c1cccc(F)c1. The van der Waals surface area contributed by atoms with Crippen LogP contribution in [0.25, 0.3) is 0 Å². The fraction of sp³-hybridized carbons (Fsp3) is 0.500. The van der Waals surface area contributed by atoms with E-state index in [1.807, 2.05) is 0 Å². The van der Waals surface area contributed by atoms with Crippen molar-refractivity contribution >= 4 is 15.7 Å². The van der Waals surface area contributed by atoms with Gasteiger partial charge in [0.05, 0.1) is 30.7 Å². The van der Waals surface area contributed by atoms with E-state index < -0.39 is 21.9 Å². The Kier molecular flexibility index (Phi) is 5.71. The van der Waals surface area contributed by atoms with Gasteiger partial charge in [-0.15, -0.1) is 0 Å². The summed E-state index contributed by atoms with van der Waals surface area (Å²) >= 11 is 0. The minimum Gasteiger partial charge on any atom is -0.394 e. The monoisotopic (exact) mass is 291 g/mol. The topological polar surface area (TPSA) is 66.8 Å². The van der Waals surface area contributed by atoms with Crippen LogP contribution < -0.4 is 4.31 Å². The Morgan fingerprint density at radius 3 is 2.68 bits per heavy atom. The van der Waals surface area contributed by atoms with Gasteiger partial charge in [0, 0.05) is 7.11 Å². The quantitative estimate of drug-likeness (QED) is 0.813. The predicted octanol–water partition coefficient (Wildman–Crippen LogP) is 0.989. The first-order valence-electron chi connectivity index (χ1n) is 5.80. The van der Waals surface area contributed by atoms with Gasteiger partial charge in [0.25, 0.3) is 0 Å². The number of halogens is 1. The number of aliphatic hydroxyl groups is 1. The summed E-state index contributed by atoms with van der Waals surface area (Å²) < 4.78 is 43.5. The van der Waals surface area contributed by atoms with Crippen molar-refractivity contribution in [2.75, 3.05) is 30.3 Å². The fourth-order valence-electron chi connectivity index (χ4n) is 1.61. The molecule has 0 saturated carbocycles. The van der Waals surface area contributed by atoms with Crippen molar-refractivity contribution in [1.29, 1.82) is 0 Å². The molecule has 0 aromatic heterocycles. The van der Waals surface area contributed by atoms with Gasteiger partial charge in [-0.1, -0.05) is 6.07 Å². The molecule has 0 aliphatic carbocycles. The van der Waals surface area contributed by atoms with Gasteiger partial charge in [-0.25, -0.2) is 12.8 Å². The highest BCUT2D eigenvalue weighted by Crippen LogP contribution is 2.19. The second-order valence-electron chi connectivity index (χ2n) is 4.10. The smallest absolute Gasteiger partial charge is 0.237 e. The third-order valence-electron chi connectivity index (χ3n) is 2.58. The summed E-state index contributed by atoms with van der Waals surface area (Å²) in [5.74, 6) is -0.768. The maximum atomic E-state index is 13.2. The molecule has 1 N–H and O–H groups in total. The number of benzene rings is 1. The van der Waals surface area contributed by atoms with E-state index in [1.54, 1.807) is 6.92 Å². The maximum absolute atomic E-state index is 13.2. The van der Waals surface area contributed by atoms with Crippen molar-refractivity contribution in [2.24, 2.45) is 0 Å². The van der Waals surface area contributed by atoms with E-state index in [4.69, 9.17) is 9.84 Å². The molecule has 0 saturated heterocycles. The first kappa shape index (κ1) is 15.9. The normalized spacial score (nSPS) is 13.3. The van der Waals surface area contributed by atoms with Crippen molar-refractivity contribution in [3.63, 3.8) is 0 Å². The number of anilines is 1. The predicted molar refractivity (Wildman–Crippen MR) is 71.1 cm³/mol. The molecule has 0 fully saturated rings. The third-order valence-corrected chi connectivity index (χ3v) is 4.54. The number of hydrogen-bond acceptors (Lipinski definition) is 4. The van der Waals surface area contributed by atoms with E-state index in [-0.39, 0.29) is 24.6 Å². The molecule has 5 nitrogen and oxygen atoms in total. The zero-order valence-electron chi connectivity index (χ0n) is 10.9. The molecular formula is C12H18FNO4S. The maximum Gasteiger partial charge on any atom is 0.237 e. The first-order valence-corrected chi connectivity index (χ1v) is 7.41. The van der Waals surface area contributed by atoms with E-state index in [9.17, 15) is 12.8 Å². The van der Waals surface area contributed by atoms with Gasteiger partial charge < -0.3 is 9.84 Å². The highest BCUT2D eigenvalue weighted by atomic mass is 32.2. The average molecular weight is 291 g/mol. The average Bonchev–Trinajstić information content (AvgIpc) is 2.35. The highest BCUT2D eigenvalue weighted by molar-refractivity contribution is 7.92. The van der Waals surface area contributed by atoms with Crippen LogP contribution in [0, 0.1) is 5.82 Å². The molecule has 1 aromatic rings. The van der Waals surface area contributed by atoms with Crippen molar-refractivity contribution in [2.45, 2.75) is 13.0 Å². The van der Waals surface area contributed by atoms with Crippen LogP contribution in [-0.2, 0) is 14.8 Å². The van der Waals surface area contributed by atoms with Gasteiger partial charge in [-0.3, -0.25) is 4.31 Å². The molecule has 0 aliphatic heterocycles. The lowest BCUT2D eigenvalue weighted by Crippen LogP contribution is -2.38. The first-order chi connectivity index (χ1) is 8.90. The van der Waals surface area contributed by atoms with Crippen LogP contribution in [0.15, 0.2) is 24.3 Å². The number of hydrogen-bond donors (Lipinski definition) is 1. The molecular weight excluding hydrogens is 273 g/mol. The fourth-order valence-corrected chi connectivity index (χ4v) is 3.31. The lowest BCUT2D eigenvalue weighted by molar-refractivity contribution is 0.136. The lowest BCUT2D eigenvalue weighted by atomic mass is 10.3. The van der Waals surface area contributed by atoms with Crippen LogP contribution in [-0.4, -0.2) is 45.6 Å². The molecule has 19 heavy (non-hydrogen) atoms. The standard InChI is InChI=1S/C12H18FNO4S/c1-10(18-2)9-19(16,17)14(6-7-15)12-5-3-4-11(13)8-12/h3-5,8,10,15H,6-7,9H2,1-2H3/t10-/m1/s1. The van der Waals surface area contributed by atoms with Crippen molar-refractivity contribution in [3.8, 4) is 0 Å². The molecule has 0 bridgehead atoms. The number of aliphatic hydroxyl groups excluding tert-OH is 1. The Hall–Kier alpha value is -1.18. The zero-order chi connectivity index (χ0) is 14.5.